The van der Waals surface area contributed by atoms with Gasteiger partial charge in [-0.25, -0.2) is 4.79 Å². The Balaban J connectivity index is 2.43. The van der Waals surface area contributed by atoms with E-state index in [2.05, 4.69) is 10.6 Å². The largest absolute Gasteiger partial charge is 0.491 e. The molecule has 0 saturated heterocycles. The maximum atomic E-state index is 12.1. The van der Waals surface area contributed by atoms with E-state index in [1.807, 2.05) is 45.9 Å². The quantitative estimate of drug-likeness (QED) is 0.638. The molecule has 0 aromatic heterocycles. The van der Waals surface area contributed by atoms with E-state index in [1.54, 1.807) is 0 Å². The first-order valence-electron chi connectivity index (χ1n) is 7.83. The zero-order valence-corrected chi connectivity index (χ0v) is 14.3. The number of rotatable bonds is 8. The minimum absolute atomic E-state index is 0.248. The number of aryl methyl sites for hydroxylation is 2. The van der Waals surface area contributed by atoms with Crippen molar-refractivity contribution >= 4 is 11.9 Å². The highest BCUT2D eigenvalue weighted by Crippen LogP contribution is 2.18. The number of hydrogen-bond donors (Lipinski definition) is 3. The number of nitrogens with two attached hydrogens (primary N) is 1. The topological polar surface area (TPSA) is 93.4 Å². The number of ether oxygens (including phenoxy) is 1. The molecule has 0 radical (unpaired) electrons. The molecule has 4 N–H and O–H groups in total. The highest BCUT2D eigenvalue weighted by Gasteiger charge is 2.20. The lowest BCUT2D eigenvalue weighted by molar-refractivity contribution is -0.123. The van der Waals surface area contributed by atoms with E-state index < -0.39 is 12.1 Å². The summed E-state index contributed by atoms with van der Waals surface area (Å²) in [5, 5.41) is 5.23. The van der Waals surface area contributed by atoms with Gasteiger partial charge in [-0.2, -0.15) is 0 Å². The van der Waals surface area contributed by atoms with E-state index >= 15 is 0 Å². The highest BCUT2D eigenvalue weighted by molar-refractivity contribution is 5.86. The van der Waals surface area contributed by atoms with Gasteiger partial charge in [0.2, 0.25) is 5.91 Å². The molecule has 23 heavy (non-hydrogen) atoms. The van der Waals surface area contributed by atoms with Crippen molar-refractivity contribution in [1.82, 2.24) is 10.6 Å². The molecule has 1 aromatic rings. The number of amides is 3. The molecular formula is C17H27N3O3. The third kappa shape index (κ3) is 7.04. The molecule has 0 saturated carbocycles. The predicted octanol–water partition coefficient (Wildman–Crippen LogP) is 1.88. The molecule has 1 rings (SSSR count). The molecule has 0 heterocycles. The number of urea groups is 1. The minimum atomic E-state index is -0.697. The van der Waals surface area contributed by atoms with Crippen LogP contribution in [-0.2, 0) is 4.79 Å². The Morgan fingerprint density at radius 3 is 2.52 bits per heavy atom. The van der Waals surface area contributed by atoms with Crippen LogP contribution in [0.2, 0.25) is 0 Å². The molecule has 6 heteroatoms. The summed E-state index contributed by atoms with van der Waals surface area (Å²) in [5.74, 6) is 0.824. The van der Waals surface area contributed by atoms with Crippen molar-refractivity contribution in [3.63, 3.8) is 0 Å². The number of carbonyl (C=O) groups excluding carboxylic acids is 2. The van der Waals surface area contributed by atoms with E-state index in [-0.39, 0.29) is 11.8 Å². The summed E-state index contributed by atoms with van der Waals surface area (Å²) in [6.45, 7) is 8.69. The second-order valence-corrected chi connectivity index (χ2v) is 6.10. The molecular weight excluding hydrogens is 294 g/mol. The van der Waals surface area contributed by atoms with Gasteiger partial charge in [-0.3, -0.25) is 4.79 Å². The van der Waals surface area contributed by atoms with Crippen LogP contribution in [-0.4, -0.2) is 31.1 Å². The summed E-state index contributed by atoms with van der Waals surface area (Å²) in [7, 11) is 0. The van der Waals surface area contributed by atoms with Crippen molar-refractivity contribution in [2.24, 2.45) is 11.7 Å². The third-order valence-corrected chi connectivity index (χ3v) is 3.33. The van der Waals surface area contributed by atoms with Crippen LogP contribution in [0, 0.1) is 19.8 Å². The Bertz CT molecular complexity index is 544. The number of carbonyl (C=O) groups is 2. The molecule has 1 aromatic carbocycles. The summed E-state index contributed by atoms with van der Waals surface area (Å²) in [4.78, 5) is 23.1. The minimum Gasteiger partial charge on any atom is -0.491 e. The lowest BCUT2D eigenvalue weighted by atomic mass is 10.0. The highest BCUT2D eigenvalue weighted by atomic mass is 16.5. The fourth-order valence-corrected chi connectivity index (χ4v) is 2.29. The zero-order valence-electron chi connectivity index (χ0n) is 14.3. The van der Waals surface area contributed by atoms with Crippen LogP contribution in [0.5, 0.6) is 5.75 Å². The maximum Gasteiger partial charge on any atom is 0.312 e. The van der Waals surface area contributed by atoms with Gasteiger partial charge in [0.15, 0.2) is 0 Å². The molecule has 0 aliphatic carbocycles. The Kier molecular flexibility index (Phi) is 7.38. The maximum absolute atomic E-state index is 12.1. The van der Waals surface area contributed by atoms with Gasteiger partial charge in [0.05, 0.1) is 6.54 Å². The van der Waals surface area contributed by atoms with Crippen molar-refractivity contribution in [1.29, 1.82) is 0 Å². The fraction of sp³-hybridized carbons (Fsp3) is 0.529. The number of primary amides is 1. The average molecular weight is 321 g/mol. The smallest absolute Gasteiger partial charge is 0.312 e. The first-order valence-corrected chi connectivity index (χ1v) is 7.83. The van der Waals surface area contributed by atoms with Crippen LogP contribution in [0.1, 0.15) is 31.4 Å². The van der Waals surface area contributed by atoms with Gasteiger partial charge in [-0.05, 0) is 37.8 Å². The SMILES string of the molecule is Cc1ccc(OCCNC(=O)C(CC(C)C)NC(N)=O)c(C)c1. The van der Waals surface area contributed by atoms with Gasteiger partial charge in [0, 0.05) is 0 Å². The summed E-state index contributed by atoms with van der Waals surface area (Å²) in [6.07, 6.45) is 0.534. The molecule has 0 aliphatic rings. The van der Waals surface area contributed by atoms with Crippen molar-refractivity contribution in [2.75, 3.05) is 13.2 Å². The Labute approximate surface area is 137 Å². The van der Waals surface area contributed by atoms with Crippen LogP contribution in [0.25, 0.3) is 0 Å². The second-order valence-electron chi connectivity index (χ2n) is 6.10. The standard InChI is InChI=1S/C17H27N3O3/c1-11(2)9-14(20-17(18)22)16(21)19-7-8-23-15-6-5-12(3)10-13(15)4/h5-6,10-11,14H,7-9H2,1-4H3,(H,19,21)(H3,18,20,22). The van der Waals surface area contributed by atoms with E-state index in [1.165, 1.54) is 5.56 Å². The summed E-state index contributed by atoms with van der Waals surface area (Å²) in [5.41, 5.74) is 7.35. The molecule has 0 fully saturated rings. The lowest BCUT2D eigenvalue weighted by Crippen LogP contribution is -2.49. The van der Waals surface area contributed by atoms with Gasteiger partial charge in [-0.15, -0.1) is 0 Å². The third-order valence-electron chi connectivity index (χ3n) is 3.33. The molecule has 1 unspecified atom stereocenters. The zero-order chi connectivity index (χ0) is 17.4. The monoisotopic (exact) mass is 321 g/mol. The first-order chi connectivity index (χ1) is 10.8. The molecule has 1 atom stereocenters. The van der Waals surface area contributed by atoms with Gasteiger partial charge >= 0.3 is 6.03 Å². The van der Waals surface area contributed by atoms with Crippen LogP contribution in [0.3, 0.4) is 0 Å². The van der Waals surface area contributed by atoms with Crippen molar-refractivity contribution in [3.8, 4) is 5.75 Å². The van der Waals surface area contributed by atoms with Gasteiger partial charge in [-0.1, -0.05) is 31.5 Å². The summed E-state index contributed by atoms with van der Waals surface area (Å²) >= 11 is 0. The van der Waals surface area contributed by atoms with Gasteiger partial charge < -0.3 is 21.1 Å². The fourth-order valence-electron chi connectivity index (χ4n) is 2.29. The van der Waals surface area contributed by atoms with Crippen LogP contribution in [0.15, 0.2) is 18.2 Å². The molecule has 128 valence electrons. The van der Waals surface area contributed by atoms with E-state index in [0.29, 0.717) is 19.6 Å². The Morgan fingerprint density at radius 1 is 1.26 bits per heavy atom. The Morgan fingerprint density at radius 2 is 1.96 bits per heavy atom. The summed E-state index contributed by atoms with van der Waals surface area (Å²) < 4.78 is 5.66. The van der Waals surface area contributed by atoms with Crippen molar-refractivity contribution in [2.45, 2.75) is 40.2 Å². The van der Waals surface area contributed by atoms with E-state index in [4.69, 9.17) is 10.5 Å². The molecule has 0 spiro atoms. The van der Waals surface area contributed by atoms with Gasteiger partial charge in [0.25, 0.3) is 0 Å². The number of hydrogen-bond acceptors (Lipinski definition) is 3. The van der Waals surface area contributed by atoms with Crippen LogP contribution in [0.4, 0.5) is 4.79 Å². The Hall–Kier alpha value is -2.24. The van der Waals surface area contributed by atoms with Crippen LogP contribution >= 0.6 is 0 Å². The van der Waals surface area contributed by atoms with Gasteiger partial charge in [0.1, 0.15) is 18.4 Å². The summed E-state index contributed by atoms with van der Waals surface area (Å²) in [6, 6.07) is 4.63. The molecule has 0 aliphatic heterocycles. The lowest BCUT2D eigenvalue weighted by Gasteiger charge is -2.19. The second kappa shape index (κ2) is 9.02. The van der Waals surface area contributed by atoms with Crippen molar-refractivity contribution in [3.05, 3.63) is 29.3 Å². The number of benzene rings is 1. The average Bonchev–Trinajstić information content (AvgIpc) is 2.43. The van der Waals surface area contributed by atoms with Crippen molar-refractivity contribution < 1.29 is 14.3 Å². The molecule has 6 nitrogen and oxygen atoms in total. The van der Waals surface area contributed by atoms with Crippen LogP contribution < -0.4 is 21.1 Å². The number of nitrogens with one attached hydrogen (secondary N) is 2. The first kappa shape index (κ1) is 18.8. The predicted molar refractivity (Wildman–Crippen MR) is 90.4 cm³/mol. The molecule has 0 bridgehead atoms. The normalized spacial score (nSPS) is 11.9. The van der Waals surface area contributed by atoms with E-state index in [9.17, 15) is 9.59 Å². The van der Waals surface area contributed by atoms with E-state index in [0.717, 1.165) is 11.3 Å². The molecule has 3 amide bonds.